The number of pyridine rings is 1. The van der Waals surface area contributed by atoms with Crippen molar-refractivity contribution in [1.29, 1.82) is 0 Å². The van der Waals surface area contributed by atoms with Crippen LogP contribution in [-0.2, 0) is 13.0 Å². The first-order valence-corrected chi connectivity index (χ1v) is 9.10. The molecule has 2 aromatic heterocycles. The van der Waals surface area contributed by atoms with Crippen molar-refractivity contribution in [1.82, 2.24) is 9.55 Å². The van der Waals surface area contributed by atoms with E-state index in [1.54, 1.807) is 6.07 Å². The second-order valence-electron chi connectivity index (χ2n) is 6.05. The normalized spacial score (nSPS) is 11.3. The maximum absolute atomic E-state index is 13.4. The highest BCUT2D eigenvalue weighted by Gasteiger charge is 2.20. The number of nitrogen functional groups attached to an aromatic ring is 1. The van der Waals surface area contributed by atoms with Crippen LogP contribution in [0.4, 0.5) is 14.5 Å². The summed E-state index contributed by atoms with van der Waals surface area (Å²) >= 11 is 1.51. The molecule has 0 bridgehead atoms. The Kier molecular flexibility index (Phi) is 5.18. The van der Waals surface area contributed by atoms with E-state index in [1.165, 1.54) is 22.0 Å². The van der Waals surface area contributed by atoms with Gasteiger partial charge in [0.25, 0.3) is 12.0 Å². The average molecular weight is 375 g/mol. The number of hydrogen-bond donors (Lipinski definition) is 1. The van der Waals surface area contributed by atoms with Gasteiger partial charge in [0.15, 0.2) is 0 Å². The van der Waals surface area contributed by atoms with Gasteiger partial charge in [0, 0.05) is 10.9 Å². The number of aryl methyl sites for hydroxylation is 2. The van der Waals surface area contributed by atoms with Crippen molar-refractivity contribution in [3.63, 3.8) is 0 Å². The smallest absolute Gasteiger partial charge is 0.275 e. The molecule has 3 rings (SSSR count). The molecule has 0 unspecified atom stereocenters. The molecule has 3 aromatic rings. The average Bonchev–Trinajstić information content (AvgIpc) is 3.06. The van der Waals surface area contributed by atoms with Crippen molar-refractivity contribution in [2.45, 2.75) is 33.2 Å². The highest BCUT2D eigenvalue weighted by molar-refractivity contribution is 7.09. The number of halogens is 2. The Labute approximate surface area is 153 Å². The van der Waals surface area contributed by atoms with Crippen molar-refractivity contribution in [2.24, 2.45) is 0 Å². The summed E-state index contributed by atoms with van der Waals surface area (Å²) in [4.78, 5) is 17.2. The van der Waals surface area contributed by atoms with E-state index in [4.69, 9.17) is 5.73 Å². The summed E-state index contributed by atoms with van der Waals surface area (Å²) in [5.74, 6) is 0. The lowest BCUT2D eigenvalue weighted by Crippen LogP contribution is -2.27. The minimum Gasteiger partial charge on any atom is -0.394 e. The summed E-state index contributed by atoms with van der Waals surface area (Å²) in [7, 11) is 0. The molecule has 0 fully saturated rings. The van der Waals surface area contributed by atoms with Crippen LogP contribution in [0.1, 0.15) is 35.2 Å². The Hall–Kier alpha value is -2.54. The lowest BCUT2D eigenvalue weighted by molar-refractivity contribution is 0.152. The lowest BCUT2D eigenvalue weighted by atomic mass is 10.0. The molecule has 2 heterocycles. The van der Waals surface area contributed by atoms with Gasteiger partial charge in [-0.25, -0.2) is 13.8 Å². The molecule has 0 spiro atoms. The predicted octanol–water partition coefficient (Wildman–Crippen LogP) is 4.41. The molecule has 26 heavy (non-hydrogen) atoms. The number of alkyl halides is 2. The standard InChI is InChI=1S/C19H19F2N3OS/c1-3-16-23-13(10-26-16)9-24-15(12-6-4-5-11(2)7-12)8-14(18(20)21)17(22)19(24)25/h4-8,10,18H,3,9,22H2,1-2H3. The van der Waals surface area contributed by atoms with Crippen molar-refractivity contribution in [3.05, 3.63) is 67.9 Å². The first-order chi connectivity index (χ1) is 12.4. The van der Waals surface area contributed by atoms with Crippen molar-refractivity contribution in [2.75, 3.05) is 5.73 Å². The summed E-state index contributed by atoms with van der Waals surface area (Å²) in [5, 5.41) is 2.84. The third-order valence-electron chi connectivity index (χ3n) is 4.14. The van der Waals surface area contributed by atoms with Crippen molar-refractivity contribution >= 4 is 17.0 Å². The minimum absolute atomic E-state index is 0.187. The molecule has 0 amide bonds. The second kappa shape index (κ2) is 7.37. The minimum atomic E-state index is -2.81. The third kappa shape index (κ3) is 3.53. The van der Waals surface area contributed by atoms with E-state index in [2.05, 4.69) is 4.98 Å². The largest absolute Gasteiger partial charge is 0.394 e. The SMILES string of the molecule is CCc1nc(Cn2c(-c3cccc(C)c3)cc(C(F)F)c(N)c2=O)cs1. The zero-order chi connectivity index (χ0) is 18.8. The molecule has 0 atom stereocenters. The van der Waals surface area contributed by atoms with Gasteiger partial charge in [-0.1, -0.05) is 30.7 Å². The molecule has 2 N–H and O–H groups in total. The van der Waals surface area contributed by atoms with Crippen LogP contribution in [-0.4, -0.2) is 9.55 Å². The molecule has 0 saturated heterocycles. The van der Waals surface area contributed by atoms with E-state index < -0.39 is 23.2 Å². The molecular formula is C19H19F2N3OS. The van der Waals surface area contributed by atoms with Crippen LogP contribution in [0.3, 0.4) is 0 Å². The molecule has 1 aromatic carbocycles. The summed E-state index contributed by atoms with van der Waals surface area (Å²) in [6.07, 6.45) is -2.01. The number of benzene rings is 1. The monoisotopic (exact) mass is 375 g/mol. The first-order valence-electron chi connectivity index (χ1n) is 8.22. The molecule has 0 aliphatic heterocycles. The van der Waals surface area contributed by atoms with Crippen LogP contribution in [0.15, 0.2) is 40.5 Å². The summed E-state index contributed by atoms with van der Waals surface area (Å²) in [6, 6.07) is 8.70. The van der Waals surface area contributed by atoms with E-state index in [1.807, 2.05) is 37.4 Å². The number of thiazole rings is 1. The van der Waals surface area contributed by atoms with Gasteiger partial charge >= 0.3 is 0 Å². The Morgan fingerprint density at radius 3 is 2.69 bits per heavy atom. The van der Waals surface area contributed by atoms with Gasteiger partial charge in [-0.05, 0) is 31.0 Å². The summed E-state index contributed by atoms with van der Waals surface area (Å²) in [6.45, 7) is 4.10. The third-order valence-corrected chi connectivity index (χ3v) is 5.18. The number of hydrogen-bond acceptors (Lipinski definition) is 4. The highest BCUT2D eigenvalue weighted by Crippen LogP contribution is 2.29. The van der Waals surface area contributed by atoms with Crippen LogP contribution in [0, 0.1) is 6.92 Å². The fraction of sp³-hybridized carbons (Fsp3) is 0.263. The van der Waals surface area contributed by atoms with Crippen LogP contribution in [0.25, 0.3) is 11.3 Å². The number of nitrogens with two attached hydrogens (primary N) is 1. The Morgan fingerprint density at radius 2 is 2.08 bits per heavy atom. The summed E-state index contributed by atoms with van der Waals surface area (Å²) < 4.78 is 28.1. The van der Waals surface area contributed by atoms with Crippen molar-refractivity contribution < 1.29 is 8.78 Å². The molecule has 7 heteroatoms. The fourth-order valence-corrected chi connectivity index (χ4v) is 3.54. The van der Waals surface area contributed by atoms with E-state index in [-0.39, 0.29) is 6.54 Å². The maximum atomic E-state index is 13.4. The van der Waals surface area contributed by atoms with Gasteiger partial charge in [-0.2, -0.15) is 0 Å². The maximum Gasteiger partial charge on any atom is 0.275 e. The van der Waals surface area contributed by atoms with Gasteiger partial charge in [-0.3, -0.25) is 4.79 Å². The molecule has 0 saturated carbocycles. The Balaban J connectivity index is 2.20. The highest BCUT2D eigenvalue weighted by atomic mass is 32.1. The van der Waals surface area contributed by atoms with Gasteiger partial charge < -0.3 is 10.3 Å². The zero-order valence-electron chi connectivity index (χ0n) is 14.5. The molecule has 0 aliphatic rings. The number of aromatic nitrogens is 2. The molecular weight excluding hydrogens is 356 g/mol. The quantitative estimate of drug-likeness (QED) is 0.718. The molecule has 4 nitrogen and oxygen atoms in total. The van der Waals surface area contributed by atoms with E-state index in [0.29, 0.717) is 17.0 Å². The van der Waals surface area contributed by atoms with Gasteiger partial charge in [0.2, 0.25) is 0 Å². The van der Waals surface area contributed by atoms with Gasteiger partial charge in [0.05, 0.1) is 22.9 Å². The fourth-order valence-electron chi connectivity index (χ4n) is 2.81. The lowest BCUT2D eigenvalue weighted by Gasteiger charge is -2.16. The number of anilines is 1. The van der Waals surface area contributed by atoms with Crippen LogP contribution < -0.4 is 11.3 Å². The van der Waals surface area contributed by atoms with Gasteiger partial charge in [0.1, 0.15) is 5.69 Å². The summed E-state index contributed by atoms with van der Waals surface area (Å²) in [5.41, 5.74) is 7.03. The number of rotatable bonds is 5. The molecule has 0 radical (unpaired) electrons. The Bertz CT molecular complexity index is 995. The van der Waals surface area contributed by atoms with Crippen LogP contribution in [0.2, 0.25) is 0 Å². The predicted molar refractivity (Wildman–Crippen MR) is 101 cm³/mol. The number of nitrogens with zero attached hydrogens (tertiary/aromatic N) is 2. The zero-order valence-corrected chi connectivity index (χ0v) is 15.3. The Morgan fingerprint density at radius 1 is 1.31 bits per heavy atom. The topological polar surface area (TPSA) is 60.9 Å². The van der Waals surface area contributed by atoms with E-state index >= 15 is 0 Å². The van der Waals surface area contributed by atoms with E-state index in [9.17, 15) is 13.6 Å². The molecule has 136 valence electrons. The van der Waals surface area contributed by atoms with Crippen LogP contribution >= 0.6 is 11.3 Å². The second-order valence-corrected chi connectivity index (χ2v) is 6.99. The van der Waals surface area contributed by atoms with Crippen LogP contribution in [0.5, 0.6) is 0 Å². The van der Waals surface area contributed by atoms with E-state index in [0.717, 1.165) is 17.0 Å². The first kappa shape index (κ1) is 18.3. The molecule has 0 aliphatic carbocycles. The van der Waals surface area contributed by atoms with Crippen molar-refractivity contribution in [3.8, 4) is 11.3 Å². The van der Waals surface area contributed by atoms with Gasteiger partial charge in [-0.15, -0.1) is 11.3 Å².